The van der Waals surface area contributed by atoms with Crippen molar-refractivity contribution in [3.8, 4) is 0 Å². The zero-order chi connectivity index (χ0) is 12.3. The Morgan fingerprint density at radius 1 is 1.06 bits per heavy atom. The summed E-state index contributed by atoms with van der Waals surface area (Å²) in [7, 11) is -3.84. The second-order valence-electron chi connectivity index (χ2n) is 3.75. The van der Waals surface area contributed by atoms with Gasteiger partial charge in [0.25, 0.3) is 0 Å². The first kappa shape index (κ1) is 12.0. The number of rotatable bonds is 4. The van der Waals surface area contributed by atoms with Crippen LogP contribution < -0.4 is 5.14 Å². The molecule has 2 aromatic carbocycles. The van der Waals surface area contributed by atoms with Gasteiger partial charge in [-0.25, -0.2) is 5.14 Å². The molecule has 5 heteroatoms. The van der Waals surface area contributed by atoms with E-state index in [2.05, 4.69) is 4.18 Å². The van der Waals surface area contributed by atoms with Crippen molar-refractivity contribution in [3.05, 3.63) is 48.0 Å². The number of benzene rings is 2. The molecule has 0 unspecified atom stereocenters. The Balaban J connectivity index is 2.09. The molecule has 0 aromatic heterocycles. The summed E-state index contributed by atoms with van der Waals surface area (Å²) in [5.41, 5.74) is 1.02. The fourth-order valence-electron chi connectivity index (χ4n) is 1.67. The van der Waals surface area contributed by atoms with Crippen LogP contribution >= 0.6 is 0 Å². The van der Waals surface area contributed by atoms with Crippen LogP contribution in [0.3, 0.4) is 0 Å². The Bertz CT molecular complexity index is 622. The van der Waals surface area contributed by atoms with E-state index in [4.69, 9.17) is 5.14 Å². The predicted octanol–water partition coefficient (Wildman–Crippen LogP) is 1.60. The van der Waals surface area contributed by atoms with Gasteiger partial charge in [0.1, 0.15) is 0 Å². The van der Waals surface area contributed by atoms with E-state index in [1.165, 1.54) is 0 Å². The van der Waals surface area contributed by atoms with Crippen LogP contribution in [0.25, 0.3) is 10.8 Å². The van der Waals surface area contributed by atoms with Crippen molar-refractivity contribution in [2.75, 3.05) is 6.61 Å². The van der Waals surface area contributed by atoms with E-state index < -0.39 is 10.3 Å². The summed E-state index contributed by atoms with van der Waals surface area (Å²) in [5, 5.41) is 7.02. The smallest absolute Gasteiger partial charge is 0.258 e. The highest BCUT2D eigenvalue weighted by molar-refractivity contribution is 7.84. The quantitative estimate of drug-likeness (QED) is 0.897. The second-order valence-corrected chi connectivity index (χ2v) is 4.97. The summed E-state index contributed by atoms with van der Waals surface area (Å²) >= 11 is 0. The van der Waals surface area contributed by atoms with Gasteiger partial charge in [0.15, 0.2) is 0 Å². The highest BCUT2D eigenvalue weighted by Gasteiger charge is 2.02. The highest BCUT2D eigenvalue weighted by atomic mass is 32.2. The van der Waals surface area contributed by atoms with Gasteiger partial charge in [-0.1, -0.05) is 42.5 Å². The molecule has 0 radical (unpaired) electrons. The van der Waals surface area contributed by atoms with Crippen molar-refractivity contribution in [2.24, 2.45) is 5.14 Å². The lowest BCUT2D eigenvalue weighted by Crippen LogP contribution is -2.17. The third kappa shape index (κ3) is 3.52. The van der Waals surface area contributed by atoms with Crippen molar-refractivity contribution < 1.29 is 12.6 Å². The maximum Gasteiger partial charge on any atom is 0.333 e. The lowest BCUT2D eigenvalue weighted by molar-refractivity contribution is 0.323. The lowest BCUT2D eigenvalue weighted by atomic mass is 10.1. The Kier molecular flexibility index (Phi) is 3.42. The number of fused-ring (bicyclic) bond motifs is 1. The van der Waals surface area contributed by atoms with Gasteiger partial charge >= 0.3 is 10.3 Å². The molecule has 4 nitrogen and oxygen atoms in total. The number of hydrogen-bond donors (Lipinski definition) is 1. The van der Waals surface area contributed by atoms with Gasteiger partial charge in [-0.3, -0.25) is 4.18 Å². The molecule has 0 saturated heterocycles. The van der Waals surface area contributed by atoms with Crippen LogP contribution in [0, 0.1) is 0 Å². The molecule has 0 bridgehead atoms. The van der Waals surface area contributed by atoms with Crippen molar-refractivity contribution in [2.45, 2.75) is 6.42 Å². The van der Waals surface area contributed by atoms with Crippen molar-refractivity contribution >= 4 is 21.1 Å². The van der Waals surface area contributed by atoms with E-state index in [9.17, 15) is 8.42 Å². The number of nitrogens with two attached hydrogens (primary N) is 1. The molecule has 0 fully saturated rings. The van der Waals surface area contributed by atoms with Crippen LogP contribution in [0.15, 0.2) is 42.5 Å². The van der Waals surface area contributed by atoms with Crippen LogP contribution in [-0.2, 0) is 20.9 Å². The minimum absolute atomic E-state index is 0.0666. The Morgan fingerprint density at radius 3 is 2.47 bits per heavy atom. The lowest BCUT2D eigenvalue weighted by Gasteiger charge is -2.03. The molecule has 0 saturated carbocycles. The molecule has 0 amide bonds. The van der Waals surface area contributed by atoms with Crippen molar-refractivity contribution in [1.82, 2.24) is 0 Å². The van der Waals surface area contributed by atoms with Crippen LogP contribution in [0.5, 0.6) is 0 Å². The molecule has 0 atom stereocenters. The predicted molar refractivity (Wildman–Crippen MR) is 66.7 cm³/mol. The molecule has 0 aliphatic heterocycles. The van der Waals surface area contributed by atoms with Crippen LogP contribution in [0.1, 0.15) is 5.56 Å². The molecule has 17 heavy (non-hydrogen) atoms. The average Bonchev–Trinajstić information content (AvgIpc) is 2.27. The van der Waals surface area contributed by atoms with Crippen LogP contribution in [0.2, 0.25) is 0 Å². The summed E-state index contributed by atoms with van der Waals surface area (Å²) in [6, 6.07) is 14.0. The van der Waals surface area contributed by atoms with Gasteiger partial charge < -0.3 is 0 Å². The van der Waals surface area contributed by atoms with Crippen LogP contribution in [-0.4, -0.2) is 15.0 Å². The minimum atomic E-state index is -3.84. The summed E-state index contributed by atoms with van der Waals surface area (Å²) in [4.78, 5) is 0. The monoisotopic (exact) mass is 251 g/mol. The molecule has 90 valence electrons. The molecule has 0 heterocycles. The molecule has 0 spiro atoms. The first-order valence-corrected chi connectivity index (χ1v) is 6.66. The van der Waals surface area contributed by atoms with Gasteiger partial charge in [-0.15, -0.1) is 0 Å². The van der Waals surface area contributed by atoms with E-state index in [1.807, 2.05) is 42.5 Å². The molecular formula is C12H13NO3S. The SMILES string of the molecule is NS(=O)(=O)OCCc1ccc2ccccc2c1. The van der Waals surface area contributed by atoms with E-state index in [1.54, 1.807) is 0 Å². The second kappa shape index (κ2) is 4.83. The van der Waals surface area contributed by atoms with Gasteiger partial charge in [0, 0.05) is 0 Å². The van der Waals surface area contributed by atoms with Crippen molar-refractivity contribution in [1.29, 1.82) is 0 Å². The fourth-order valence-corrected chi connectivity index (χ4v) is 1.99. The van der Waals surface area contributed by atoms with Gasteiger partial charge in [-0.05, 0) is 22.8 Å². The zero-order valence-electron chi connectivity index (χ0n) is 9.17. The molecule has 2 rings (SSSR count). The van der Waals surface area contributed by atoms with E-state index >= 15 is 0 Å². The summed E-state index contributed by atoms with van der Waals surface area (Å²) in [6.07, 6.45) is 0.515. The number of hydrogen-bond acceptors (Lipinski definition) is 3. The molecule has 0 aliphatic rings. The standard InChI is InChI=1S/C12H13NO3S/c13-17(14,15)16-8-7-10-5-6-11-3-1-2-4-12(11)9-10/h1-6,9H,7-8H2,(H2,13,14,15). The van der Waals surface area contributed by atoms with Gasteiger partial charge in [0.2, 0.25) is 0 Å². The Morgan fingerprint density at radius 2 is 1.76 bits per heavy atom. The first-order valence-electron chi connectivity index (χ1n) is 5.19. The largest absolute Gasteiger partial charge is 0.333 e. The van der Waals surface area contributed by atoms with E-state index in [0.29, 0.717) is 6.42 Å². The summed E-state index contributed by atoms with van der Waals surface area (Å²) in [6.45, 7) is 0.0666. The summed E-state index contributed by atoms with van der Waals surface area (Å²) < 4.78 is 25.7. The fraction of sp³-hybridized carbons (Fsp3) is 0.167. The van der Waals surface area contributed by atoms with Crippen LogP contribution in [0.4, 0.5) is 0 Å². The minimum Gasteiger partial charge on any atom is -0.258 e. The Labute approximate surface area is 100 Å². The first-order chi connectivity index (χ1) is 8.04. The van der Waals surface area contributed by atoms with Gasteiger partial charge in [0.05, 0.1) is 6.61 Å². The third-order valence-electron chi connectivity index (χ3n) is 2.45. The molecular weight excluding hydrogens is 238 g/mol. The summed E-state index contributed by atoms with van der Waals surface area (Å²) in [5.74, 6) is 0. The Hall–Kier alpha value is -1.43. The van der Waals surface area contributed by atoms with E-state index in [0.717, 1.165) is 16.3 Å². The van der Waals surface area contributed by atoms with Gasteiger partial charge in [-0.2, -0.15) is 8.42 Å². The zero-order valence-corrected chi connectivity index (χ0v) is 9.98. The topological polar surface area (TPSA) is 69.4 Å². The molecule has 0 aliphatic carbocycles. The average molecular weight is 251 g/mol. The van der Waals surface area contributed by atoms with E-state index in [-0.39, 0.29) is 6.61 Å². The third-order valence-corrected chi connectivity index (χ3v) is 2.95. The molecule has 2 aromatic rings. The van der Waals surface area contributed by atoms with Crippen molar-refractivity contribution in [3.63, 3.8) is 0 Å². The highest BCUT2D eigenvalue weighted by Crippen LogP contribution is 2.15. The maximum atomic E-state index is 10.6. The normalized spacial score (nSPS) is 11.8. The molecule has 2 N–H and O–H groups in total. The maximum absolute atomic E-state index is 10.6.